The highest BCUT2D eigenvalue weighted by Crippen LogP contribution is 2.35. The highest BCUT2D eigenvalue weighted by molar-refractivity contribution is 6.32. The summed E-state index contributed by atoms with van der Waals surface area (Å²) in [7, 11) is 0. The van der Waals surface area contributed by atoms with Crippen LogP contribution in [0, 0.1) is 0 Å². The lowest BCUT2D eigenvalue weighted by Gasteiger charge is -2.28. The molecule has 0 fully saturated rings. The van der Waals surface area contributed by atoms with Gasteiger partial charge in [-0.2, -0.15) is 0 Å². The normalized spacial score (nSPS) is 16.8. The van der Waals surface area contributed by atoms with Gasteiger partial charge in [-0.1, -0.05) is 29.8 Å². The van der Waals surface area contributed by atoms with Crippen LogP contribution >= 0.6 is 11.6 Å². The second kappa shape index (κ2) is 5.63. The number of nitrogens with one attached hydrogen (secondary N) is 1. The molecule has 0 unspecified atom stereocenters. The first kappa shape index (κ1) is 13.1. The summed E-state index contributed by atoms with van der Waals surface area (Å²) in [6.07, 6.45) is 0. The molecule has 0 radical (unpaired) electrons. The molecule has 0 saturated carbocycles. The zero-order chi connectivity index (χ0) is 13.9. The van der Waals surface area contributed by atoms with Gasteiger partial charge < -0.3 is 14.8 Å². The average molecular weight is 290 g/mol. The van der Waals surface area contributed by atoms with Gasteiger partial charge in [-0.3, -0.25) is 0 Å². The van der Waals surface area contributed by atoms with Gasteiger partial charge >= 0.3 is 0 Å². The predicted molar refractivity (Wildman–Crippen MR) is 80.9 cm³/mol. The van der Waals surface area contributed by atoms with Crippen molar-refractivity contribution >= 4 is 17.3 Å². The first-order valence-electron chi connectivity index (χ1n) is 6.68. The molecule has 0 bridgehead atoms. The van der Waals surface area contributed by atoms with Crippen LogP contribution in [0.2, 0.25) is 5.02 Å². The highest BCUT2D eigenvalue weighted by Gasteiger charge is 2.20. The molecule has 4 heteroatoms. The Kier molecular flexibility index (Phi) is 3.70. The number of rotatable bonds is 3. The average Bonchev–Trinajstić information content (AvgIpc) is 2.49. The minimum atomic E-state index is 0.0954. The molecule has 3 nitrogen and oxygen atoms in total. The number of benzene rings is 2. The predicted octanol–water partition coefficient (Wildman–Crippen LogP) is 4.28. The van der Waals surface area contributed by atoms with Gasteiger partial charge in [0.05, 0.1) is 23.4 Å². The summed E-state index contributed by atoms with van der Waals surface area (Å²) in [4.78, 5) is 0. The van der Waals surface area contributed by atoms with E-state index in [4.69, 9.17) is 21.1 Å². The maximum Gasteiger partial charge on any atom is 0.142 e. The van der Waals surface area contributed by atoms with Crippen LogP contribution in [0.3, 0.4) is 0 Å². The monoisotopic (exact) mass is 289 g/mol. The van der Waals surface area contributed by atoms with Gasteiger partial charge in [0, 0.05) is 0 Å². The quantitative estimate of drug-likeness (QED) is 0.914. The summed E-state index contributed by atoms with van der Waals surface area (Å²) in [5.41, 5.74) is 2.10. The number of para-hydroxylation sites is 2. The Hall–Kier alpha value is -1.87. The number of anilines is 1. The van der Waals surface area contributed by atoms with Crippen LogP contribution in [-0.4, -0.2) is 13.2 Å². The summed E-state index contributed by atoms with van der Waals surface area (Å²) >= 11 is 6.23. The molecule has 1 atom stereocenters. The largest absolute Gasteiger partial charge is 0.492 e. The molecule has 104 valence electrons. The maximum atomic E-state index is 6.23. The molecule has 0 aromatic heterocycles. The zero-order valence-corrected chi connectivity index (χ0v) is 12.0. The second-order valence-corrected chi connectivity index (χ2v) is 5.03. The number of halogens is 1. The lowest BCUT2D eigenvalue weighted by Crippen LogP contribution is -2.23. The summed E-state index contributed by atoms with van der Waals surface area (Å²) in [5, 5.41) is 4.10. The summed E-state index contributed by atoms with van der Waals surface area (Å²) in [6, 6.07) is 13.9. The molecule has 0 spiro atoms. The van der Waals surface area contributed by atoms with E-state index in [9.17, 15) is 0 Å². The van der Waals surface area contributed by atoms with Crippen LogP contribution in [0.25, 0.3) is 0 Å². The van der Waals surface area contributed by atoms with Crippen LogP contribution in [-0.2, 0) is 0 Å². The van der Waals surface area contributed by atoms with E-state index < -0.39 is 0 Å². The van der Waals surface area contributed by atoms with Crippen molar-refractivity contribution < 1.29 is 9.47 Å². The molecule has 0 aliphatic carbocycles. The molecule has 3 rings (SSSR count). The second-order valence-electron chi connectivity index (χ2n) is 4.63. The van der Waals surface area contributed by atoms with Crippen molar-refractivity contribution in [3.05, 3.63) is 53.1 Å². The lowest BCUT2D eigenvalue weighted by atomic mass is 10.1. The molecule has 2 aromatic rings. The number of ether oxygens (including phenoxy) is 2. The van der Waals surface area contributed by atoms with Crippen LogP contribution in [0.1, 0.15) is 18.5 Å². The third-order valence-electron chi connectivity index (χ3n) is 3.28. The topological polar surface area (TPSA) is 30.5 Å². The van der Waals surface area contributed by atoms with Crippen molar-refractivity contribution in [2.75, 3.05) is 18.5 Å². The van der Waals surface area contributed by atoms with E-state index in [2.05, 4.69) is 5.32 Å². The number of fused-ring (bicyclic) bond motifs is 1. The van der Waals surface area contributed by atoms with Gasteiger partial charge in [-0.25, -0.2) is 0 Å². The first-order chi connectivity index (χ1) is 9.78. The van der Waals surface area contributed by atoms with Crippen molar-refractivity contribution in [2.45, 2.75) is 13.0 Å². The van der Waals surface area contributed by atoms with E-state index in [1.165, 1.54) is 0 Å². The molecule has 1 N–H and O–H groups in total. The van der Waals surface area contributed by atoms with E-state index in [1.54, 1.807) is 0 Å². The van der Waals surface area contributed by atoms with E-state index in [0.29, 0.717) is 18.2 Å². The highest BCUT2D eigenvalue weighted by atomic mass is 35.5. The van der Waals surface area contributed by atoms with Crippen LogP contribution < -0.4 is 14.8 Å². The Morgan fingerprint density at radius 3 is 2.95 bits per heavy atom. The molecule has 2 aromatic carbocycles. The fraction of sp³-hybridized carbons (Fsp3) is 0.250. The molecule has 1 aliphatic rings. The minimum absolute atomic E-state index is 0.0954. The third-order valence-corrected chi connectivity index (χ3v) is 3.58. The van der Waals surface area contributed by atoms with Gasteiger partial charge in [-0.05, 0) is 36.8 Å². The standard InChI is InChI=1S/C16H16ClNO2/c1-2-19-15-8-7-11(9-12(15)17)14-10-20-16-6-4-3-5-13(16)18-14/h3-9,14,18H,2,10H2,1H3/t14-/m0/s1. The van der Waals surface area contributed by atoms with E-state index in [1.807, 2.05) is 49.4 Å². The van der Waals surface area contributed by atoms with Crippen molar-refractivity contribution in [1.82, 2.24) is 0 Å². The Labute approximate surface area is 123 Å². The van der Waals surface area contributed by atoms with Crippen molar-refractivity contribution in [3.8, 4) is 11.5 Å². The maximum absolute atomic E-state index is 6.23. The molecular weight excluding hydrogens is 274 g/mol. The van der Waals surface area contributed by atoms with E-state index in [0.717, 1.165) is 22.7 Å². The Bertz CT molecular complexity index is 615. The molecule has 0 amide bonds. The Balaban J connectivity index is 1.83. The van der Waals surface area contributed by atoms with Gasteiger partial charge in [0.2, 0.25) is 0 Å². The molecule has 1 aliphatic heterocycles. The zero-order valence-electron chi connectivity index (χ0n) is 11.2. The fourth-order valence-corrected chi connectivity index (χ4v) is 2.54. The molecule has 0 saturated heterocycles. The summed E-state index contributed by atoms with van der Waals surface area (Å²) < 4.78 is 11.2. The molecule has 20 heavy (non-hydrogen) atoms. The third kappa shape index (κ3) is 2.54. The van der Waals surface area contributed by atoms with E-state index in [-0.39, 0.29) is 6.04 Å². The smallest absolute Gasteiger partial charge is 0.142 e. The molecule has 1 heterocycles. The van der Waals surface area contributed by atoms with Gasteiger partial charge in [-0.15, -0.1) is 0 Å². The van der Waals surface area contributed by atoms with Gasteiger partial charge in [0.15, 0.2) is 0 Å². The Morgan fingerprint density at radius 2 is 2.15 bits per heavy atom. The number of hydrogen-bond donors (Lipinski definition) is 1. The summed E-state index contributed by atoms with van der Waals surface area (Å²) in [6.45, 7) is 3.14. The van der Waals surface area contributed by atoms with Crippen LogP contribution in [0.4, 0.5) is 5.69 Å². The molecular formula is C16H16ClNO2. The van der Waals surface area contributed by atoms with Crippen LogP contribution in [0.15, 0.2) is 42.5 Å². The Morgan fingerprint density at radius 1 is 1.30 bits per heavy atom. The van der Waals surface area contributed by atoms with Crippen LogP contribution in [0.5, 0.6) is 11.5 Å². The van der Waals surface area contributed by atoms with Gasteiger partial charge in [0.25, 0.3) is 0 Å². The lowest BCUT2D eigenvalue weighted by molar-refractivity contribution is 0.286. The minimum Gasteiger partial charge on any atom is -0.492 e. The summed E-state index contributed by atoms with van der Waals surface area (Å²) in [5.74, 6) is 1.61. The van der Waals surface area contributed by atoms with Crippen molar-refractivity contribution in [1.29, 1.82) is 0 Å². The first-order valence-corrected chi connectivity index (χ1v) is 7.06. The fourth-order valence-electron chi connectivity index (χ4n) is 2.30. The SMILES string of the molecule is CCOc1ccc([C@@H]2COc3ccccc3N2)cc1Cl. The van der Waals surface area contributed by atoms with Gasteiger partial charge in [0.1, 0.15) is 18.1 Å². The number of hydrogen-bond acceptors (Lipinski definition) is 3. The van der Waals surface area contributed by atoms with Crippen molar-refractivity contribution in [2.24, 2.45) is 0 Å². The van der Waals surface area contributed by atoms with Crippen molar-refractivity contribution in [3.63, 3.8) is 0 Å². The van der Waals surface area contributed by atoms with E-state index >= 15 is 0 Å².